The van der Waals surface area contributed by atoms with Crippen LogP contribution in [-0.2, 0) is 30.3 Å². The van der Waals surface area contributed by atoms with Crippen LogP contribution in [0, 0.1) is 0 Å². The summed E-state index contributed by atoms with van der Waals surface area (Å²) in [4.78, 5) is 40.3. The number of hydrogen-bond donors (Lipinski definition) is 4. The molecule has 1 aliphatic rings. The lowest BCUT2D eigenvalue weighted by molar-refractivity contribution is -0.144. The summed E-state index contributed by atoms with van der Waals surface area (Å²) in [6.07, 6.45) is -0.798. The molecule has 3 atom stereocenters. The second kappa shape index (κ2) is 9.39. The van der Waals surface area contributed by atoms with Crippen LogP contribution in [-0.4, -0.2) is 52.9 Å². The molecule has 1 aromatic heterocycles. The zero-order chi connectivity index (χ0) is 22.7. The first-order valence-electron chi connectivity index (χ1n) is 9.81. The standard InChI is InChI=1S/C22H20ClN3O6/c23-14-6-2-4-8-16(14)25-20(27)18-19(32-11-31-18)21(28)26-17(22(29)30)9-12-10-24-15-7-3-1-5-13(12)15/h1-8,10,17-19,24H,9,11H2,(H,25,27)(H,26,28)(H,29,30)/t17?,18-,19-/m1/s1. The van der Waals surface area contributed by atoms with E-state index < -0.39 is 36.0 Å². The van der Waals surface area contributed by atoms with Crippen LogP contribution in [0.3, 0.4) is 0 Å². The van der Waals surface area contributed by atoms with Crippen LogP contribution in [0.15, 0.2) is 54.7 Å². The normalized spacial score (nSPS) is 18.9. The summed E-state index contributed by atoms with van der Waals surface area (Å²) < 4.78 is 10.6. The highest BCUT2D eigenvalue weighted by Crippen LogP contribution is 2.23. The van der Waals surface area contributed by atoms with Crippen LogP contribution in [0.5, 0.6) is 0 Å². The van der Waals surface area contributed by atoms with Crippen LogP contribution in [0.2, 0.25) is 5.02 Å². The minimum Gasteiger partial charge on any atom is -0.480 e. The van der Waals surface area contributed by atoms with Crippen molar-refractivity contribution >= 4 is 46.0 Å². The molecule has 0 radical (unpaired) electrons. The highest BCUT2D eigenvalue weighted by Gasteiger charge is 2.41. The van der Waals surface area contributed by atoms with Crippen LogP contribution in [0.4, 0.5) is 5.69 Å². The maximum absolute atomic E-state index is 12.8. The van der Waals surface area contributed by atoms with Crippen LogP contribution < -0.4 is 10.6 Å². The number of carbonyl (C=O) groups is 3. The zero-order valence-electron chi connectivity index (χ0n) is 16.7. The number of aromatic amines is 1. The van der Waals surface area contributed by atoms with Gasteiger partial charge in [0.2, 0.25) is 0 Å². The minimum atomic E-state index is -1.30. The van der Waals surface area contributed by atoms with Crippen molar-refractivity contribution in [1.29, 1.82) is 0 Å². The molecule has 4 N–H and O–H groups in total. The number of ether oxygens (including phenoxy) is 2. The van der Waals surface area contributed by atoms with E-state index in [2.05, 4.69) is 15.6 Å². The fraction of sp³-hybridized carbons (Fsp3) is 0.227. The first-order chi connectivity index (χ1) is 15.4. The molecule has 2 aromatic carbocycles. The smallest absolute Gasteiger partial charge is 0.326 e. The molecule has 9 nitrogen and oxygen atoms in total. The molecule has 0 saturated carbocycles. The molecule has 1 saturated heterocycles. The monoisotopic (exact) mass is 457 g/mol. The number of carboxylic acid groups (broad SMARTS) is 1. The molecule has 32 heavy (non-hydrogen) atoms. The highest BCUT2D eigenvalue weighted by atomic mass is 35.5. The van der Waals surface area contributed by atoms with Gasteiger partial charge in [-0.1, -0.05) is 41.9 Å². The first-order valence-corrected chi connectivity index (χ1v) is 10.2. The van der Waals surface area contributed by atoms with Crippen molar-refractivity contribution in [2.45, 2.75) is 24.7 Å². The van der Waals surface area contributed by atoms with E-state index in [-0.39, 0.29) is 13.2 Å². The second-order valence-corrected chi connectivity index (χ2v) is 7.63. The molecule has 2 heterocycles. The summed E-state index contributed by atoms with van der Waals surface area (Å²) in [6.45, 7) is -0.279. The Hall–Kier alpha value is -3.40. The first kappa shape index (κ1) is 21.8. The van der Waals surface area contributed by atoms with Crippen LogP contribution in [0.25, 0.3) is 10.9 Å². The number of benzene rings is 2. The van der Waals surface area contributed by atoms with Crippen LogP contribution in [0.1, 0.15) is 5.56 Å². The van der Waals surface area contributed by atoms with Crippen LogP contribution >= 0.6 is 11.6 Å². The van der Waals surface area contributed by atoms with E-state index in [1.54, 1.807) is 30.5 Å². The Morgan fingerprint density at radius 3 is 2.50 bits per heavy atom. The maximum atomic E-state index is 12.8. The molecular weight excluding hydrogens is 438 g/mol. The third kappa shape index (κ3) is 4.59. The zero-order valence-corrected chi connectivity index (χ0v) is 17.5. The molecule has 1 aliphatic heterocycles. The number of hydrogen-bond acceptors (Lipinski definition) is 5. The van der Waals surface area contributed by atoms with Gasteiger partial charge in [0.25, 0.3) is 11.8 Å². The predicted octanol–water partition coefficient (Wildman–Crippen LogP) is 2.31. The molecule has 0 bridgehead atoms. The summed E-state index contributed by atoms with van der Waals surface area (Å²) >= 11 is 6.05. The molecule has 0 spiro atoms. The molecule has 0 aliphatic carbocycles. The number of aromatic nitrogens is 1. The van der Waals surface area contributed by atoms with Gasteiger partial charge >= 0.3 is 5.97 Å². The number of carbonyl (C=O) groups excluding carboxylic acids is 2. The fourth-order valence-corrected chi connectivity index (χ4v) is 3.71. The molecular formula is C22H20ClN3O6. The van der Waals surface area contributed by atoms with Crippen molar-refractivity contribution in [3.63, 3.8) is 0 Å². The Bertz CT molecular complexity index is 1160. The van der Waals surface area contributed by atoms with Crippen molar-refractivity contribution in [2.24, 2.45) is 0 Å². The SMILES string of the molecule is O=C(O)C(Cc1c[nH]c2ccccc12)NC(=O)[C@@H]1OCO[C@H]1C(=O)Nc1ccccc1Cl. The molecule has 10 heteroatoms. The van der Waals surface area contributed by atoms with E-state index in [1.165, 1.54) is 0 Å². The number of rotatable bonds is 7. The van der Waals surface area contributed by atoms with E-state index in [1.807, 2.05) is 24.3 Å². The Balaban J connectivity index is 1.45. The lowest BCUT2D eigenvalue weighted by Crippen LogP contribution is -2.51. The van der Waals surface area contributed by atoms with Gasteiger partial charge in [0.15, 0.2) is 12.2 Å². The Labute approximate surface area is 187 Å². The summed E-state index contributed by atoms with van der Waals surface area (Å²) in [5.41, 5.74) is 1.96. The molecule has 166 valence electrons. The number of carboxylic acids is 1. The Morgan fingerprint density at radius 2 is 1.75 bits per heavy atom. The largest absolute Gasteiger partial charge is 0.480 e. The molecule has 1 unspecified atom stereocenters. The average Bonchev–Trinajstić information content (AvgIpc) is 3.42. The van der Waals surface area contributed by atoms with Crippen molar-refractivity contribution in [1.82, 2.24) is 10.3 Å². The third-order valence-corrected chi connectivity index (χ3v) is 5.46. The van der Waals surface area contributed by atoms with Crippen molar-refractivity contribution < 1.29 is 29.0 Å². The van der Waals surface area contributed by atoms with Gasteiger partial charge in [-0.05, 0) is 23.8 Å². The van der Waals surface area contributed by atoms with E-state index in [0.29, 0.717) is 10.7 Å². The third-order valence-electron chi connectivity index (χ3n) is 5.13. The van der Waals surface area contributed by atoms with Gasteiger partial charge < -0.3 is 30.2 Å². The maximum Gasteiger partial charge on any atom is 0.326 e. The number of nitrogens with one attached hydrogen (secondary N) is 3. The number of halogens is 1. The molecule has 1 fully saturated rings. The quantitative estimate of drug-likeness (QED) is 0.431. The van der Waals surface area contributed by atoms with Gasteiger partial charge in [-0.25, -0.2) is 4.79 Å². The number of H-pyrrole nitrogens is 1. The van der Waals surface area contributed by atoms with Gasteiger partial charge in [0, 0.05) is 23.5 Å². The van der Waals surface area contributed by atoms with E-state index >= 15 is 0 Å². The van der Waals surface area contributed by atoms with Gasteiger partial charge in [-0.3, -0.25) is 9.59 Å². The second-order valence-electron chi connectivity index (χ2n) is 7.22. The average molecular weight is 458 g/mol. The summed E-state index contributed by atoms with van der Waals surface area (Å²) in [6, 6.07) is 12.8. The van der Waals surface area contributed by atoms with E-state index in [0.717, 1.165) is 16.5 Å². The number of aliphatic carboxylic acids is 1. The highest BCUT2D eigenvalue weighted by molar-refractivity contribution is 6.33. The summed E-state index contributed by atoms with van der Waals surface area (Å²) in [5.74, 6) is -2.59. The Morgan fingerprint density at radius 1 is 1.06 bits per heavy atom. The summed E-state index contributed by atoms with van der Waals surface area (Å²) in [7, 11) is 0. The van der Waals surface area contributed by atoms with Crippen molar-refractivity contribution in [3.05, 3.63) is 65.3 Å². The van der Waals surface area contributed by atoms with Crippen molar-refractivity contribution in [3.8, 4) is 0 Å². The van der Waals surface area contributed by atoms with Gasteiger partial charge in [0.05, 0.1) is 10.7 Å². The summed E-state index contributed by atoms with van der Waals surface area (Å²) in [5, 5.41) is 15.9. The Kier molecular flexibility index (Phi) is 6.40. The predicted molar refractivity (Wildman–Crippen MR) is 116 cm³/mol. The number of anilines is 1. The number of para-hydroxylation sites is 2. The van der Waals surface area contributed by atoms with E-state index in [4.69, 9.17) is 21.1 Å². The lowest BCUT2D eigenvalue weighted by atomic mass is 10.0. The fourth-order valence-electron chi connectivity index (χ4n) is 3.53. The number of fused-ring (bicyclic) bond motifs is 1. The van der Waals surface area contributed by atoms with E-state index in [9.17, 15) is 19.5 Å². The van der Waals surface area contributed by atoms with Gasteiger partial charge in [-0.2, -0.15) is 0 Å². The van der Waals surface area contributed by atoms with Gasteiger partial charge in [0.1, 0.15) is 12.8 Å². The molecule has 2 amide bonds. The molecule has 4 rings (SSSR count). The van der Waals surface area contributed by atoms with Crippen molar-refractivity contribution in [2.75, 3.05) is 12.1 Å². The molecule has 3 aromatic rings. The topological polar surface area (TPSA) is 130 Å². The van der Waals surface area contributed by atoms with Gasteiger partial charge in [-0.15, -0.1) is 0 Å². The number of amides is 2. The minimum absolute atomic E-state index is 0.0507. The lowest BCUT2D eigenvalue weighted by Gasteiger charge is -2.20.